The van der Waals surface area contributed by atoms with Crippen LogP contribution in [0.1, 0.15) is 16.7 Å². The third kappa shape index (κ3) is 3.05. The van der Waals surface area contributed by atoms with Crippen LogP contribution in [0.25, 0.3) is 0 Å². The molecule has 174 valence electrons. The lowest BCUT2D eigenvalue weighted by atomic mass is 10.0. The van der Waals surface area contributed by atoms with Gasteiger partial charge in [-0.25, -0.2) is 8.42 Å². The van der Waals surface area contributed by atoms with E-state index in [0.717, 1.165) is 16.0 Å². The highest BCUT2D eigenvalue weighted by Crippen LogP contribution is 2.53. The zero-order valence-electron chi connectivity index (χ0n) is 18.5. The minimum atomic E-state index is -4.25. The molecule has 1 fully saturated rings. The third-order valence-corrected chi connectivity index (χ3v) is 8.64. The van der Waals surface area contributed by atoms with Crippen molar-refractivity contribution in [1.29, 1.82) is 0 Å². The van der Waals surface area contributed by atoms with Gasteiger partial charge in [0.05, 0.1) is 24.4 Å². The van der Waals surface area contributed by atoms with Crippen molar-refractivity contribution < 1.29 is 22.7 Å². The van der Waals surface area contributed by atoms with E-state index in [1.807, 2.05) is 31.2 Å². The molecule has 9 heteroatoms. The Bertz CT molecular complexity index is 1460. The molecule has 1 atom stereocenters. The molecular formula is C25H21ClN2O5S. The first-order valence-corrected chi connectivity index (χ1v) is 12.6. The Morgan fingerprint density at radius 2 is 1.79 bits per heavy atom. The molecule has 34 heavy (non-hydrogen) atoms. The molecule has 2 heterocycles. The maximum Gasteiger partial charge on any atom is 0.274 e. The highest BCUT2D eigenvalue weighted by atomic mass is 35.5. The number of hydrogen-bond acceptors (Lipinski definition) is 5. The van der Waals surface area contributed by atoms with E-state index in [1.165, 1.54) is 24.1 Å². The number of halogens is 1. The number of aryl methyl sites for hydroxylation is 1. The number of amides is 2. The highest BCUT2D eigenvalue weighted by molar-refractivity contribution is 7.94. The van der Waals surface area contributed by atoms with Crippen LogP contribution in [-0.4, -0.2) is 33.1 Å². The minimum Gasteiger partial charge on any atom is -0.495 e. The Hall–Kier alpha value is -3.36. The normalized spacial score (nSPS) is 20.8. The van der Waals surface area contributed by atoms with E-state index in [1.54, 1.807) is 30.3 Å². The average Bonchev–Trinajstić information content (AvgIpc) is 3.16. The number of carbonyl (C=O) groups excluding carboxylic acids is 2. The van der Waals surface area contributed by atoms with Gasteiger partial charge in [-0.2, -0.15) is 0 Å². The molecule has 7 nitrogen and oxygen atoms in total. The molecule has 1 saturated heterocycles. The van der Waals surface area contributed by atoms with Gasteiger partial charge in [-0.15, -0.1) is 0 Å². The van der Waals surface area contributed by atoms with Gasteiger partial charge in [-0.05, 0) is 36.8 Å². The Labute approximate surface area is 202 Å². The topological polar surface area (TPSA) is 84.0 Å². The van der Waals surface area contributed by atoms with Crippen LogP contribution in [0.2, 0.25) is 5.02 Å². The molecule has 0 N–H and O–H groups in total. The molecule has 0 saturated carbocycles. The summed E-state index contributed by atoms with van der Waals surface area (Å²) in [4.78, 5) is 27.6. The van der Waals surface area contributed by atoms with Crippen LogP contribution >= 0.6 is 11.6 Å². The quantitative estimate of drug-likeness (QED) is 0.548. The SMILES string of the molecule is COc1ccc(N2C(=O)CS(=O)(=O)C23C(=O)N(Cc2cccc(C)c2)c2ccccc23)cc1Cl. The van der Waals surface area contributed by atoms with Crippen molar-refractivity contribution in [3.05, 3.63) is 88.4 Å². The number of sulfone groups is 1. The van der Waals surface area contributed by atoms with Crippen LogP contribution in [0, 0.1) is 6.92 Å². The van der Waals surface area contributed by atoms with Crippen LogP contribution in [0.5, 0.6) is 5.75 Å². The summed E-state index contributed by atoms with van der Waals surface area (Å²) in [5.74, 6) is -1.79. The van der Waals surface area contributed by atoms with Gasteiger partial charge in [-0.1, -0.05) is 59.6 Å². The molecule has 2 aliphatic rings. The third-order valence-electron chi connectivity index (χ3n) is 6.24. The van der Waals surface area contributed by atoms with Crippen molar-refractivity contribution in [2.45, 2.75) is 18.3 Å². The number of methoxy groups -OCH3 is 1. The number of carbonyl (C=O) groups is 2. The lowest BCUT2D eigenvalue weighted by Crippen LogP contribution is -2.54. The standard InChI is InChI=1S/C25H21ClN2O5S/c1-16-6-5-7-17(12-16)14-27-21-9-4-3-8-19(21)25(24(27)30)28(23(29)15-34(25,31)32)18-10-11-22(33-2)20(26)13-18/h3-13H,14-15H2,1-2H3. The van der Waals surface area contributed by atoms with E-state index in [4.69, 9.17) is 16.3 Å². The zero-order valence-corrected chi connectivity index (χ0v) is 20.1. The number of para-hydroxylation sites is 1. The first-order valence-electron chi connectivity index (χ1n) is 10.6. The molecule has 0 bridgehead atoms. The van der Waals surface area contributed by atoms with Crippen LogP contribution < -0.4 is 14.5 Å². The average molecular weight is 497 g/mol. The van der Waals surface area contributed by atoms with Gasteiger partial charge < -0.3 is 9.64 Å². The van der Waals surface area contributed by atoms with Crippen LogP contribution in [0.15, 0.2) is 66.7 Å². The number of rotatable bonds is 4. The first kappa shape index (κ1) is 22.4. The molecule has 1 spiro atoms. The first-order chi connectivity index (χ1) is 16.2. The summed E-state index contributed by atoms with van der Waals surface area (Å²) < 4.78 is 32.5. The fourth-order valence-corrected chi connectivity index (χ4v) is 7.12. The summed E-state index contributed by atoms with van der Waals surface area (Å²) in [6.45, 7) is 2.11. The smallest absolute Gasteiger partial charge is 0.274 e. The minimum absolute atomic E-state index is 0.167. The van der Waals surface area contributed by atoms with Gasteiger partial charge in [0.15, 0.2) is 9.84 Å². The fraction of sp³-hybridized carbons (Fsp3) is 0.200. The lowest BCUT2D eigenvalue weighted by molar-refractivity contribution is -0.123. The van der Waals surface area contributed by atoms with Crippen molar-refractivity contribution in [3.8, 4) is 5.75 Å². The molecule has 2 aliphatic heterocycles. The van der Waals surface area contributed by atoms with E-state index in [2.05, 4.69) is 0 Å². The maximum atomic E-state index is 14.1. The fourth-order valence-electron chi connectivity index (χ4n) is 4.84. The molecule has 5 rings (SSSR count). The molecule has 0 radical (unpaired) electrons. The van der Waals surface area contributed by atoms with E-state index in [9.17, 15) is 18.0 Å². The van der Waals surface area contributed by atoms with E-state index >= 15 is 0 Å². The molecule has 0 aromatic heterocycles. The predicted molar refractivity (Wildman–Crippen MR) is 130 cm³/mol. The number of anilines is 2. The summed E-state index contributed by atoms with van der Waals surface area (Å²) in [7, 11) is -2.79. The predicted octanol–water partition coefficient (Wildman–Crippen LogP) is 3.82. The van der Waals surface area contributed by atoms with Gasteiger partial charge in [0.2, 0.25) is 5.91 Å². The van der Waals surface area contributed by atoms with Crippen LogP contribution in [0.3, 0.4) is 0 Å². The molecule has 2 amide bonds. The van der Waals surface area contributed by atoms with Gasteiger partial charge in [-0.3, -0.25) is 14.5 Å². The number of nitrogens with zero attached hydrogens (tertiary/aromatic N) is 2. The summed E-state index contributed by atoms with van der Waals surface area (Å²) >= 11 is 6.30. The van der Waals surface area contributed by atoms with Crippen molar-refractivity contribution >= 4 is 44.6 Å². The van der Waals surface area contributed by atoms with Crippen LogP contribution in [-0.2, 0) is 30.8 Å². The van der Waals surface area contributed by atoms with E-state index < -0.39 is 32.3 Å². The summed E-state index contributed by atoms with van der Waals surface area (Å²) in [5, 5.41) is 0.197. The summed E-state index contributed by atoms with van der Waals surface area (Å²) in [5.41, 5.74) is 2.78. The number of benzene rings is 3. The second-order valence-corrected chi connectivity index (χ2v) is 10.9. The van der Waals surface area contributed by atoms with Gasteiger partial charge in [0.1, 0.15) is 11.5 Å². The molecule has 0 aliphatic carbocycles. The van der Waals surface area contributed by atoms with E-state index in [-0.39, 0.29) is 22.8 Å². The Balaban J connectivity index is 1.73. The van der Waals surface area contributed by atoms with Crippen molar-refractivity contribution in [3.63, 3.8) is 0 Å². The zero-order chi connectivity index (χ0) is 24.3. The van der Waals surface area contributed by atoms with Crippen LogP contribution in [0.4, 0.5) is 11.4 Å². The monoisotopic (exact) mass is 496 g/mol. The molecule has 3 aromatic carbocycles. The van der Waals surface area contributed by atoms with Crippen molar-refractivity contribution in [2.24, 2.45) is 0 Å². The van der Waals surface area contributed by atoms with Gasteiger partial charge >= 0.3 is 0 Å². The Kier molecular flexibility index (Phi) is 5.18. The maximum absolute atomic E-state index is 14.1. The van der Waals surface area contributed by atoms with Gasteiger partial charge in [0, 0.05) is 11.3 Å². The highest BCUT2D eigenvalue weighted by Gasteiger charge is 2.69. The Morgan fingerprint density at radius 1 is 1.03 bits per heavy atom. The second kappa shape index (κ2) is 7.85. The molecule has 3 aromatic rings. The number of ether oxygens (including phenoxy) is 1. The number of hydrogen-bond donors (Lipinski definition) is 0. The lowest BCUT2D eigenvalue weighted by Gasteiger charge is -2.32. The summed E-state index contributed by atoms with van der Waals surface area (Å²) in [6, 6.07) is 18.9. The number of fused-ring (bicyclic) bond motifs is 2. The Morgan fingerprint density at radius 3 is 2.50 bits per heavy atom. The van der Waals surface area contributed by atoms with Gasteiger partial charge in [0.25, 0.3) is 10.8 Å². The molecule has 1 unspecified atom stereocenters. The largest absolute Gasteiger partial charge is 0.495 e. The second-order valence-electron chi connectivity index (χ2n) is 8.35. The van der Waals surface area contributed by atoms with Crippen molar-refractivity contribution in [2.75, 3.05) is 22.7 Å². The summed E-state index contributed by atoms with van der Waals surface area (Å²) in [6.07, 6.45) is 0. The van der Waals surface area contributed by atoms with Crippen molar-refractivity contribution in [1.82, 2.24) is 0 Å². The molecular weight excluding hydrogens is 476 g/mol. The van der Waals surface area contributed by atoms with E-state index in [0.29, 0.717) is 11.4 Å².